The normalized spacial score (nSPS) is 11.7. The van der Waals surface area contributed by atoms with Gasteiger partial charge < -0.3 is 10.2 Å². The summed E-state index contributed by atoms with van der Waals surface area (Å²) in [7, 11) is 0. The summed E-state index contributed by atoms with van der Waals surface area (Å²) in [5, 5.41) is 18.7. The van der Waals surface area contributed by atoms with Crippen molar-refractivity contribution in [1.82, 2.24) is 0 Å². The van der Waals surface area contributed by atoms with Crippen LogP contribution in [0.4, 0.5) is 0 Å². The molecule has 0 atom stereocenters. The van der Waals surface area contributed by atoms with Gasteiger partial charge in [-0.25, -0.2) is 0 Å². The van der Waals surface area contributed by atoms with Crippen LogP contribution in [0.5, 0.6) is 0 Å². The Balaban J connectivity index is 0.000000483. The van der Waals surface area contributed by atoms with E-state index in [4.69, 9.17) is 0 Å². The number of hydrogen-bond acceptors (Lipinski definition) is 2. The maximum atomic E-state index is 9.33. The van der Waals surface area contributed by atoms with E-state index in [0.29, 0.717) is 11.1 Å². The summed E-state index contributed by atoms with van der Waals surface area (Å²) in [6.07, 6.45) is 0. The van der Waals surface area contributed by atoms with Crippen molar-refractivity contribution in [1.29, 1.82) is 0 Å². The Morgan fingerprint density at radius 1 is 0.593 bits per heavy atom. The van der Waals surface area contributed by atoms with E-state index in [2.05, 4.69) is 0 Å². The molecule has 4 nitrogen and oxygen atoms in total. The smallest absolute Gasteiger partial charge is 0.324 e. The zero-order chi connectivity index (χ0) is 19.7. The fourth-order valence-corrected chi connectivity index (χ4v) is 2.57. The maximum Gasteiger partial charge on any atom is 0.324 e. The molecule has 2 rings (SSSR count). The Bertz CT molecular complexity index is 742. The summed E-state index contributed by atoms with van der Waals surface area (Å²) >= 11 is 0. The predicted octanol–water partition coefficient (Wildman–Crippen LogP) is 5.08. The number of aliphatic hydroxyl groups excluding tert-OH is 2. The molecule has 0 aliphatic carbocycles. The van der Waals surface area contributed by atoms with Crippen molar-refractivity contribution in [3.63, 3.8) is 0 Å². The van der Waals surface area contributed by atoms with E-state index in [1.807, 2.05) is 60.7 Å². The fraction of sp³-hybridized carbons (Fsp3) is 0.182. The molecule has 2 aromatic rings. The number of benzene rings is 2. The van der Waals surface area contributed by atoms with Gasteiger partial charge in [-0.05, 0) is 25.0 Å². The summed E-state index contributed by atoms with van der Waals surface area (Å²) in [5.74, 6) is 0.523. The van der Waals surface area contributed by atoms with Crippen molar-refractivity contribution in [2.75, 3.05) is 0 Å². The van der Waals surface area contributed by atoms with Crippen LogP contribution in [0.3, 0.4) is 0 Å². The number of aliphatic hydroxyl groups is 2. The first-order chi connectivity index (χ1) is 12.3. The standard InChI is InChI=1S/2C11H12O2.Zr/c2*1-8(12)11(9(2)13)10-6-4-3-5-7-10;/h2*3-7,12H,1-2H3;/p+2/b2*11-8+;. The van der Waals surface area contributed by atoms with E-state index < -0.39 is 0 Å². The molecule has 0 amide bonds. The molecule has 0 bridgehead atoms. The van der Waals surface area contributed by atoms with Crippen LogP contribution in [-0.2, 0) is 26.2 Å². The minimum Gasteiger partial charge on any atom is -0.512 e. The summed E-state index contributed by atoms with van der Waals surface area (Å²) in [6, 6.07) is 18.6. The molecule has 0 aromatic heterocycles. The summed E-state index contributed by atoms with van der Waals surface area (Å²) in [5.41, 5.74) is 2.64. The zero-order valence-electron chi connectivity index (χ0n) is 16.1. The second-order valence-corrected chi connectivity index (χ2v) is 5.82. The van der Waals surface area contributed by atoms with Gasteiger partial charge in [0.15, 0.2) is 0 Å². The van der Waals surface area contributed by atoms with Crippen molar-refractivity contribution in [3.8, 4) is 0 Å². The van der Waals surface area contributed by atoms with E-state index in [-0.39, 0.29) is 49.3 Å². The minimum atomic E-state index is 0. The van der Waals surface area contributed by atoms with Crippen LogP contribution in [-0.4, -0.2) is 31.4 Å². The van der Waals surface area contributed by atoms with E-state index in [1.165, 1.54) is 0 Å². The first-order valence-electron chi connectivity index (χ1n) is 8.22. The predicted molar refractivity (Wildman–Crippen MR) is 109 cm³/mol. The fourth-order valence-electron chi connectivity index (χ4n) is 2.57. The molecule has 4 N–H and O–H groups in total. The van der Waals surface area contributed by atoms with Crippen LogP contribution in [0, 0.1) is 0 Å². The number of carbonyl (C=O) groups excluding carboxylic acids is 2. The Kier molecular flexibility index (Phi) is 11.2. The molecule has 2 aromatic carbocycles. The van der Waals surface area contributed by atoms with Crippen LogP contribution in [0.2, 0.25) is 0 Å². The largest absolute Gasteiger partial charge is 0.512 e. The summed E-state index contributed by atoms with van der Waals surface area (Å²) in [6.45, 7) is 6.23. The first kappa shape index (κ1) is 24.7. The van der Waals surface area contributed by atoms with Crippen molar-refractivity contribution < 1.29 is 46.0 Å². The number of rotatable bonds is 4. The van der Waals surface area contributed by atoms with Crippen LogP contribution in [0.1, 0.15) is 38.8 Å². The molecule has 0 spiro atoms. The molecule has 0 radical (unpaired) electrons. The topological polar surface area (TPSA) is 83.3 Å². The Morgan fingerprint density at radius 2 is 0.852 bits per heavy atom. The Hall–Kier alpha value is -2.26. The Labute approximate surface area is 179 Å². The van der Waals surface area contributed by atoms with Gasteiger partial charge in [-0.2, -0.15) is 0 Å². The number of hydrogen-bond donors (Lipinski definition) is 2. The number of ketones is 2. The van der Waals surface area contributed by atoms with Gasteiger partial charge in [0.25, 0.3) is 0 Å². The molecule has 5 heteroatoms. The molecule has 0 unspecified atom stereocenters. The van der Waals surface area contributed by atoms with Gasteiger partial charge >= 0.3 is 11.6 Å². The molecule has 0 aliphatic heterocycles. The van der Waals surface area contributed by atoms with Crippen LogP contribution >= 0.6 is 0 Å². The molecule has 0 saturated carbocycles. The summed E-state index contributed by atoms with van der Waals surface area (Å²) < 4.78 is 0. The first-order valence-corrected chi connectivity index (χ1v) is 8.22. The average molecular weight is 446 g/mol. The third-order valence-electron chi connectivity index (χ3n) is 3.57. The molecular weight excluding hydrogens is 419 g/mol. The third kappa shape index (κ3) is 7.88. The molecule has 0 heterocycles. The molecule has 0 saturated heterocycles. The summed E-state index contributed by atoms with van der Waals surface area (Å²) in [4.78, 5) is 18.7. The van der Waals surface area contributed by atoms with E-state index in [1.54, 1.807) is 27.7 Å². The van der Waals surface area contributed by atoms with Crippen molar-refractivity contribution >= 4 is 22.7 Å². The van der Waals surface area contributed by atoms with Gasteiger partial charge in [-0.15, -0.1) is 0 Å². The van der Waals surface area contributed by atoms with E-state index >= 15 is 0 Å². The van der Waals surface area contributed by atoms with Crippen LogP contribution in [0.15, 0.2) is 72.2 Å². The third-order valence-corrected chi connectivity index (χ3v) is 3.57. The van der Waals surface area contributed by atoms with Gasteiger partial charge in [0, 0.05) is 26.2 Å². The second-order valence-electron chi connectivity index (χ2n) is 5.82. The van der Waals surface area contributed by atoms with Crippen LogP contribution < -0.4 is 0 Å². The molecule has 140 valence electrons. The van der Waals surface area contributed by atoms with Gasteiger partial charge in [0.1, 0.15) is 22.7 Å². The monoisotopic (exact) mass is 444 g/mol. The van der Waals surface area contributed by atoms with Gasteiger partial charge in [0.2, 0.25) is 0 Å². The van der Waals surface area contributed by atoms with Crippen molar-refractivity contribution in [2.45, 2.75) is 27.7 Å². The number of allylic oxidation sites excluding steroid dienone is 4. The quantitative estimate of drug-likeness (QED) is 0.391. The Morgan fingerprint density at radius 3 is 1.04 bits per heavy atom. The molecule has 27 heavy (non-hydrogen) atoms. The molecular formula is C22H26O4Zr+2. The molecule has 0 fully saturated rings. The van der Waals surface area contributed by atoms with Crippen molar-refractivity contribution in [3.05, 3.63) is 83.3 Å². The van der Waals surface area contributed by atoms with Gasteiger partial charge in [0.05, 0.1) is 13.8 Å². The maximum absolute atomic E-state index is 9.33. The average Bonchev–Trinajstić information content (AvgIpc) is 2.56. The second kappa shape index (κ2) is 12.2. The van der Waals surface area contributed by atoms with Crippen LogP contribution in [0.25, 0.3) is 11.1 Å². The van der Waals surface area contributed by atoms with E-state index in [0.717, 1.165) is 11.1 Å². The molecule has 0 aliphatic rings. The van der Waals surface area contributed by atoms with Crippen molar-refractivity contribution in [2.24, 2.45) is 0 Å². The van der Waals surface area contributed by atoms with Gasteiger partial charge in [-0.3, -0.25) is 9.59 Å². The SMILES string of the molecule is CC(=[OH+])/C(=C(/C)O)c1ccccc1.CC(=[OH+])/C(=C(/C)O)c1ccccc1.[Zr]. The van der Waals surface area contributed by atoms with Gasteiger partial charge in [-0.1, -0.05) is 60.7 Å². The minimum absolute atomic E-state index is 0. The zero-order valence-corrected chi connectivity index (χ0v) is 18.5. The van der Waals surface area contributed by atoms with E-state index in [9.17, 15) is 19.8 Å².